The average Bonchev–Trinajstić information content (AvgIpc) is 3.55. The lowest BCUT2D eigenvalue weighted by atomic mass is 9.59. The van der Waals surface area contributed by atoms with Gasteiger partial charge in [0.05, 0.1) is 0 Å². The highest BCUT2D eigenvalue weighted by atomic mass is 16.3. The highest BCUT2D eigenvalue weighted by Gasteiger charge is 2.25. The molecule has 0 spiro atoms. The molecule has 0 unspecified atom stereocenters. The fourth-order valence-electron chi connectivity index (χ4n) is 8.87. The maximum atomic E-state index is 6.60. The van der Waals surface area contributed by atoms with E-state index >= 15 is 0 Å². The maximum absolute atomic E-state index is 6.60. The van der Waals surface area contributed by atoms with Crippen molar-refractivity contribution < 1.29 is 4.42 Å². The van der Waals surface area contributed by atoms with Crippen molar-refractivity contribution in [1.29, 1.82) is 0 Å². The maximum Gasteiger partial charge on any atom is 0.139 e. The summed E-state index contributed by atoms with van der Waals surface area (Å²) in [6, 6.07) is 39.8. The molecule has 9 rings (SSSR count). The van der Waals surface area contributed by atoms with Crippen LogP contribution in [0.3, 0.4) is 0 Å². The Kier molecular flexibility index (Phi) is 7.30. The van der Waals surface area contributed by atoms with E-state index in [9.17, 15) is 0 Å². The van der Waals surface area contributed by atoms with E-state index in [1.165, 1.54) is 115 Å². The topological polar surface area (TPSA) is 13.1 Å². The van der Waals surface area contributed by atoms with Gasteiger partial charge in [-0.3, -0.25) is 0 Å². The monoisotopic (exact) mass is 642 g/mol. The van der Waals surface area contributed by atoms with Crippen molar-refractivity contribution >= 4 is 161 Å². The third-order valence-corrected chi connectivity index (χ3v) is 12.3. The lowest BCUT2D eigenvalue weighted by Gasteiger charge is -2.28. The smallest absolute Gasteiger partial charge is 0.139 e. The summed E-state index contributed by atoms with van der Waals surface area (Å²) in [6.07, 6.45) is 0. The molecular weight excluding hydrogens is 607 g/mol. The van der Waals surface area contributed by atoms with Crippen LogP contribution in [0.5, 0.6) is 0 Å². The van der Waals surface area contributed by atoms with E-state index in [0.717, 1.165) is 16.6 Å². The summed E-state index contributed by atoms with van der Waals surface area (Å²) in [7, 11) is 18.5. The van der Waals surface area contributed by atoms with E-state index in [2.05, 4.69) is 172 Å². The predicted molar refractivity (Wildman–Crippen MR) is 248 cm³/mol. The van der Waals surface area contributed by atoms with Crippen LogP contribution in [-0.2, 0) is 0 Å². The van der Waals surface area contributed by atoms with E-state index in [1.54, 1.807) is 0 Å². The van der Waals surface area contributed by atoms with Gasteiger partial charge in [-0.25, -0.2) is 0 Å². The van der Waals surface area contributed by atoms with E-state index in [0.29, 0.717) is 0 Å². The van der Waals surface area contributed by atoms with Gasteiger partial charge in [-0.15, -0.1) is 21.9 Å². The molecule has 8 aromatic carbocycles. The van der Waals surface area contributed by atoms with Gasteiger partial charge in [0.25, 0.3) is 0 Å². The minimum atomic E-state index is 0.917. The zero-order chi connectivity index (χ0) is 35.3. The van der Waals surface area contributed by atoms with Crippen LogP contribution in [0.1, 0.15) is 0 Å². The number of furan rings is 1. The molecule has 9 aromatic rings. The van der Waals surface area contributed by atoms with Gasteiger partial charge in [0.2, 0.25) is 0 Å². The lowest BCUT2D eigenvalue weighted by Crippen LogP contribution is -2.50. The van der Waals surface area contributed by atoms with Gasteiger partial charge in [0.15, 0.2) is 0 Å². The van der Waals surface area contributed by atoms with Crippen LogP contribution in [0.25, 0.3) is 87.6 Å². The van der Waals surface area contributed by atoms with Gasteiger partial charge in [-0.1, -0.05) is 107 Å². The second-order valence-electron chi connectivity index (χ2n) is 14.7. The Morgan fingerprint density at radius 3 is 1.29 bits per heavy atom. The second-order valence-corrected chi connectivity index (χ2v) is 14.7. The van der Waals surface area contributed by atoms with Crippen molar-refractivity contribution in [3.05, 3.63) is 109 Å². The SMILES string of the molecule is Bc1c(B)c(B)c2c(-c3ccc4oc5ccc6ccc(-c7ccccc7)cc6c5c4c3)c3c(B)c(B)c(B)c(B)c3c(-c3ccccc3)c2c1B. The molecule has 0 aliphatic carbocycles. The fraction of sp³-hybridized carbons (Fsp3) is 0. The Morgan fingerprint density at radius 2 is 0.745 bits per heavy atom. The van der Waals surface area contributed by atoms with Crippen molar-refractivity contribution in [3.63, 3.8) is 0 Å². The van der Waals surface area contributed by atoms with Gasteiger partial charge in [0.1, 0.15) is 73.9 Å². The quantitative estimate of drug-likeness (QED) is 0.163. The lowest BCUT2D eigenvalue weighted by molar-refractivity contribution is 0.669. The average molecular weight is 641 g/mol. The minimum absolute atomic E-state index is 0.917. The second kappa shape index (κ2) is 11.7. The van der Waals surface area contributed by atoms with Crippen LogP contribution >= 0.6 is 0 Å². The number of fused-ring (bicyclic) bond motifs is 7. The van der Waals surface area contributed by atoms with Crippen molar-refractivity contribution in [1.82, 2.24) is 0 Å². The molecule has 51 heavy (non-hydrogen) atoms. The zero-order valence-corrected chi connectivity index (χ0v) is 30.8. The van der Waals surface area contributed by atoms with Crippen LogP contribution in [0.4, 0.5) is 0 Å². The first-order valence-electron chi connectivity index (χ1n) is 18.1. The fourth-order valence-corrected chi connectivity index (χ4v) is 8.87. The molecule has 0 radical (unpaired) electrons. The van der Waals surface area contributed by atoms with E-state index in [4.69, 9.17) is 4.42 Å². The van der Waals surface area contributed by atoms with Crippen LogP contribution in [0, 0.1) is 0 Å². The Morgan fingerprint density at radius 1 is 0.314 bits per heavy atom. The van der Waals surface area contributed by atoms with Gasteiger partial charge < -0.3 is 4.42 Å². The molecule has 0 atom stereocenters. The number of hydrogen-bond donors (Lipinski definition) is 0. The molecule has 0 saturated heterocycles. The standard InChI is InChI=1S/C42H34B8O/c43-35-31-28(21-9-5-2-6-10-21)32-34(38(46)42(50)40(48)36(32)44)29(33(31)37(45)41(49)39(35)47)23-14-15-26-25(18-23)30-24-17-22(19-7-3-1-4-8-19)12-11-20(24)13-16-27(30)51-26/h1-18H,43-50H2. The first-order chi connectivity index (χ1) is 24.7. The normalized spacial score (nSPS) is 11.8. The molecule has 0 bridgehead atoms. The minimum Gasteiger partial charge on any atom is -0.456 e. The number of rotatable bonds is 3. The molecule has 0 aliphatic heterocycles. The Bertz CT molecular complexity index is 2850. The Labute approximate surface area is 306 Å². The van der Waals surface area contributed by atoms with Gasteiger partial charge in [-0.2, -0.15) is 0 Å². The molecule has 1 heterocycles. The predicted octanol–water partition coefficient (Wildman–Crippen LogP) is -1.89. The molecule has 0 aliphatic rings. The molecule has 0 saturated carbocycles. The van der Waals surface area contributed by atoms with Crippen LogP contribution in [0.15, 0.2) is 114 Å². The number of hydrogen-bond acceptors (Lipinski definition) is 1. The summed E-state index contributed by atoms with van der Waals surface area (Å²) >= 11 is 0. The van der Waals surface area contributed by atoms with Gasteiger partial charge >= 0.3 is 0 Å². The first-order valence-corrected chi connectivity index (χ1v) is 18.1. The molecule has 0 N–H and O–H groups in total. The highest BCUT2D eigenvalue weighted by molar-refractivity contribution is 6.71. The third-order valence-electron chi connectivity index (χ3n) is 12.3. The van der Waals surface area contributed by atoms with Crippen molar-refractivity contribution in [2.45, 2.75) is 0 Å². The summed E-state index contributed by atoms with van der Waals surface area (Å²) in [6.45, 7) is 0. The molecule has 1 aromatic heterocycles. The zero-order valence-electron chi connectivity index (χ0n) is 30.8. The van der Waals surface area contributed by atoms with Crippen molar-refractivity contribution in [2.24, 2.45) is 0 Å². The third kappa shape index (κ3) is 4.60. The van der Waals surface area contributed by atoms with Crippen LogP contribution in [-0.4, -0.2) is 62.8 Å². The summed E-state index contributed by atoms with van der Waals surface area (Å²) in [5, 5.41) is 10.2. The molecule has 0 fully saturated rings. The summed E-state index contributed by atoms with van der Waals surface area (Å²) in [4.78, 5) is 0. The van der Waals surface area contributed by atoms with Crippen LogP contribution < -0.4 is 43.7 Å². The molecule has 0 amide bonds. The number of benzene rings is 8. The van der Waals surface area contributed by atoms with E-state index in [-0.39, 0.29) is 0 Å². The molecule has 9 heteroatoms. The molecule has 1 nitrogen and oxygen atoms in total. The van der Waals surface area contributed by atoms with E-state index in [1.807, 2.05) is 0 Å². The first kappa shape index (κ1) is 31.8. The summed E-state index contributed by atoms with van der Waals surface area (Å²) in [5.74, 6) is 0. The Hall–Kier alpha value is -5.14. The van der Waals surface area contributed by atoms with Crippen molar-refractivity contribution in [3.8, 4) is 33.4 Å². The largest absolute Gasteiger partial charge is 0.456 e. The molecule has 232 valence electrons. The highest BCUT2D eigenvalue weighted by Crippen LogP contribution is 2.43. The van der Waals surface area contributed by atoms with Gasteiger partial charge in [0, 0.05) is 10.8 Å². The van der Waals surface area contributed by atoms with Gasteiger partial charge in [-0.05, 0) is 90.0 Å². The summed E-state index contributed by atoms with van der Waals surface area (Å²) in [5.41, 5.74) is 20.4. The van der Waals surface area contributed by atoms with E-state index < -0.39 is 0 Å². The Balaban J connectivity index is 1.48. The van der Waals surface area contributed by atoms with Crippen molar-refractivity contribution in [2.75, 3.05) is 0 Å². The molecular formula is C42H34B8O. The summed E-state index contributed by atoms with van der Waals surface area (Å²) < 4.78 is 6.60. The van der Waals surface area contributed by atoms with Crippen LogP contribution in [0.2, 0.25) is 0 Å².